The molecule has 1 amide bonds. The first-order valence-electron chi connectivity index (χ1n) is 7.74. The van der Waals surface area contributed by atoms with E-state index in [0.29, 0.717) is 12.1 Å². The van der Waals surface area contributed by atoms with Crippen molar-refractivity contribution in [3.8, 4) is 5.75 Å². The summed E-state index contributed by atoms with van der Waals surface area (Å²) in [4.78, 5) is 29.3. The van der Waals surface area contributed by atoms with Crippen LogP contribution < -0.4 is 4.74 Å². The van der Waals surface area contributed by atoms with Gasteiger partial charge in [0.1, 0.15) is 11.4 Å². The van der Waals surface area contributed by atoms with E-state index in [1.807, 2.05) is 29.2 Å². The second kappa shape index (κ2) is 6.70. The highest BCUT2D eigenvalue weighted by Crippen LogP contribution is 2.34. The molecule has 1 aliphatic heterocycles. The molecule has 2 aromatic rings. The van der Waals surface area contributed by atoms with Crippen LogP contribution in [0.2, 0.25) is 0 Å². The maximum atomic E-state index is 12.8. The summed E-state index contributed by atoms with van der Waals surface area (Å²) in [7, 11) is 1.62. The third kappa shape index (κ3) is 3.08. The summed E-state index contributed by atoms with van der Waals surface area (Å²) in [6.07, 6.45) is 3.14. The van der Waals surface area contributed by atoms with Gasteiger partial charge in [-0.2, -0.15) is 0 Å². The van der Waals surface area contributed by atoms with Gasteiger partial charge in [0.25, 0.3) is 5.91 Å². The van der Waals surface area contributed by atoms with Crippen molar-refractivity contribution in [3.63, 3.8) is 0 Å². The molecule has 2 heterocycles. The number of carbonyl (C=O) groups is 2. The van der Waals surface area contributed by atoms with Crippen molar-refractivity contribution in [2.75, 3.05) is 13.7 Å². The topological polar surface area (TPSA) is 79.7 Å². The van der Waals surface area contributed by atoms with Crippen LogP contribution in [0.1, 0.15) is 45.3 Å². The van der Waals surface area contributed by atoms with Gasteiger partial charge in [-0.1, -0.05) is 12.1 Å². The van der Waals surface area contributed by atoms with Gasteiger partial charge >= 0.3 is 5.97 Å². The molecule has 6 nitrogen and oxygen atoms in total. The van der Waals surface area contributed by atoms with E-state index in [-0.39, 0.29) is 17.6 Å². The number of carbonyl (C=O) groups excluding carboxylic acids is 1. The Morgan fingerprint density at radius 2 is 2.12 bits per heavy atom. The number of aromatic carboxylic acids is 1. The molecule has 24 heavy (non-hydrogen) atoms. The molecule has 0 saturated carbocycles. The summed E-state index contributed by atoms with van der Waals surface area (Å²) in [5.74, 6) is -0.478. The quantitative estimate of drug-likeness (QED) is 0.934. The van der Waals surface area contributed by atoms with Gasteiger partial charge in [0.05, 0.1) is 18.7 Å². The van der Waals surface area contributed by atoms with Crippen molar-refractivity contribution < 1.29 is 19.4 Å². The minimum atomic E-state index is -1.11. The first kappa shape index (κ1) is 16.0. The van der Waals surface area contributed by atoms with Crippen LogP contribution in [0.4, 0.5) is 0 Å². The second-order valence-corrected chi connectivity index (χ2v) is 5.67. The third-order valence-corrected chi connectivity index (χ3v) is 4.22. The first-order chi connectivity index (χ1) is 11.6. The Morgan fingerprint density at radius 1 is 1.29 bits per heavy atom. The standard InChI is InChI=1S/C18H18N2O4/c1-24-14-5-2-4-12(10-14)16-6-3-9-20(16)17(21)13-7-8-15(18(22)23)19-11-13/h2,4-5,7-8,10-11,16H,3,6,9H2,1H3,(H,22,23)/t16-/m1/s1. The molecule has 1 fully saturated rings. The molecule has 1 aromatic carbocycles. The molecule has 1 N–H and O–H groups in total. The predicted molar refractivity (Wildman–Crippen MR) is 87.2 cm³/mol. The highest BCUT2D eigenvalue weighted by atomic mass is 16.5. The maximum Gasteiger partial charge on any atom is 0.354 e. The normalized spacial score (nSPS) is 16.9. The van der Waals surface area contributed by atoms with Gasteiger partial charge in [-0.3, -0.25) is 4.79 Å². The van der Waals surface area contributed by atoms with Crippen molar-refractivity contribution in [1.82, 2.24) is 9.88 Å². The van der Waals surface area contributed by atoms with E-state index in [1.54, 1.807) is 7.11 Å². The Morgan fingerprint density at radius 3 is 2.79 bits per heavy atom. The number of rotatable bonds is 4. The Hall–Kier alpha value is -2.89. The van der Waals surface area contributed by atoms with Gasteiger partial charge in [0.2, 0.25) is 0 Å². The zero-order valence-electron chi connectivity index (χ0n) is 13.3. The average molecular weight is 326 g/mol. The van der Waals surface area contributed by atoms with Crippen molar-refractivity contribution >= 4 is 11.9 Å². The summed E-state index contributed by atoms with van der Waals surface area (Å²) in [5.41, 5.74) is 1.36. The number of hydrogen-bond acceptors (Lipinski definition) is 4. The van der Waals surface area contributed by atoms with Gasteiger partial charge in [0.15, 0.2) is 0 Å². The fourth-order valence-corrected chi connectivity index (χ4v) is 3.02. The summed E-state index contributed by atoms with van der Waals surface area (Å²) >= 11 is 0. The number of pyridine rings is 1. The number of amides is 1. The fraction of sp³-hybridized carbons (Fsp3) is 0.278. The van der Waals surface area contributed by atoms with Gasteiger partial charge in [0, 0.05) is 12.7 Å². The molecule has 0 spiro atoms. The first-order valence-corrected chi connectivity index (χ1v) is 7.74. The summed E-state index contributed by atoms with van der Waals surface area (Å²) in [5, 5.41) is 8.90. The van der Waals surface area contributed by atoms with E-state index in [0.717, 1.165) is 24.2 Å². The maximum absolute atomic E-state index is 12.8. The number of likely N-dealkylation sites (tertiary alicyclic amines) is 1. The fourth-order valence-electron chi connectivity index (χ4n) is 3.02. The SMILES string of the molecule is COc1cccc([C@H]2CCCN2C(=O)c2ccc(C(=O)O)nc2)c1. The summed E-state index contributed by atoms with van der Waals surface area (Å²) in [6.45, 7) is 0.668. The highest BCUT2D eigenvalue weighted by molar-refractivity contribution is 5.95. The molecule has 1 aliphatic rings. The number of nitrogens with zero attached hydrogens (tertiary/aromatic N) is 2. The molecular weight excluding hydrogens is 308 g/mol. The molecule has 1 atom stereocenters. The Labute approximate surface area is 139 Å². The lowest BCUT2D eigenvalue weighted by atomic mass is 10.0. The molecule has 6 heteroatoms. The Balaban J connectivity index is 1.84. The van der Waals surface area contributed by atoms with Crippen molar-refractivity contribution in [1.29, 1.82) is 0 Å². The zero-order chi connectivity index (χ0) is 17.1. The van der Waals surface area contributed by atoms with E-state index in [2.05, 4.69) is 4.98 Å². The molecule has 3 rings (SSSR count). The summed E-state index contributed by atoms with van der Waals surface area (Å²) in [6, 6.07) is 10.6. The monoisotopic (exact) mass is 326 g/mol. The smallest absolute Gasteiger partial charge is 0.354 e. The van der Waals surface area contributed by atoms with E-state index < -0.39 is 5.97 Å². The number of carboxylic acids is 1. The number of aromatic nitrogens is 1. The molecular formula is C18H18N2O4. The number of hydrogen-bond donors (Lipinski definition) is 1. The summed E-state index contributed by atoms with van der Waals surface area (Å²) < 4.78 is 5.26. The number of ether oxygens (including phenoxy) is 1. The molecule has 0 unspecified atom stereocenters. The van der Waals surface area contributed by atoms with Crippen LogP contribution in [-0.2, 0) is 0 Å². The van der Waals surface area contributed by atoms with Crippen LogP contribution in [0.5, 0.6) is 5.75 Å². The zero-order valence-corrected chi connectivity index (χ0v) is 13.3. The lowest BCUT2D eigenvalue weighted by Gasteiger charge is -2.25. The molecule has 1 aromatic heterocycles. The predicted octanol–water partition coefficient (Wildman–Crippen LogP) is 2.77. The van der Waals surface area contributed by atoms with Gasteiger partial charge in [-0.15, -0.1) is 0 Å². The minimum Gasteiger partial charge on any atom is -0.497 e. The van der Waals surface area contributed by atoms with Crippen LogP contribution in [0, 0.1) is 0 Å². The average Bonchev–Trinajstić information content (AvgIpc) is 3.11. The third-order valence-electron chi connectivity index (χ3n) is 4.22. The second-order valence-electron chi connectivity index (χ2n) is 5.67. The van der Waals surface area contributed by atoms with E-state index >= 15 is 0 Å². The van der Waals surface area contributed by atoms with Gasteiger partial charge in [-0.25, -0.2) is 9.78 Å². The van der Waals surface area contributed by atoms with Crippen LogP contribution in [0.15, 0.2) is 42.6 Å². The van der Waals surface area contributed by atoms with Gasteiger partial charge < -0.3 is 14.7 Å². The van der Waals surface area contributed by atoms with Crippen molar-refractivity contribution in [2.24, 2.45) is 0 Å². The minimum absolute atomic E-state index is 0.00764. The molecule has 1 saturated heterocycles. The van der Waals surface area contributed by atoms with E-state index in [9.17, 15) is 9.59 Å². The number of benzene rings is 1. The highest BCUT2D eigenvalue weighted by Gasteiger charge is 2.31. The molecule has 0 radical (unpaired) electrons. The van der Waals surface area contributed by atoms with Crippen LogP contribution in [0.3, 0.4) is 0 Å². The number of methoxy groups -OCH3 is 1. The largest absolute Gasteiger partial charge is 0.497 e. The molecule has 124 valence electrons. The Kier molecular flexibility index (Phi) is 4.46. The Bertz CT molecular complexity index is 758. The number of carboxylic acid groups (broad SMARTS) is 1. The lowest BCUT2D eigenvalue weighted by molar-refractivity contribution is 0.0685. The van der Waals surface area contributed by atoms with Crippen LogP contribution in [-0.4, -0.2) is 40.5 Å². The van der Waals surface area contributed by atoms with Crippen molar-refractivity contribution in [2.45, 2.75) is 18.9 Å². The van der Waals surface area contributed by atoms with Gasteiger partial charge in [-0.05, 0) is 42.7 Å². The lowest BCUT2D eigenvalue weighted by Crippen LogP contribution is -2.30. The van der Waals surface area contributed by atoms with Crippen LogP contribution >= 0.6 is 0 Å². The van der Waals surface area contributed by atoms with Crippen molar-refractivity contribution in [3.05, 3.63) is 59.4 Å². The van der Waals surface area contributed by atoms with E-state index in [4.69, 9.17) is 9.84 Å². The molecule has 0 bridgehead atoms. The molecule has 0 aliphatic carbocycles. The van der Waals surface area contributed by atoms with E-state index in [1.165, 1.54) is 18.3 Å². The van der Waals surface area contributed by atoms with Crippen LogP contribution in [0.25, 0.3) is 0 Å².